The largest absolute Gasteiger partial charge is 0.417 e. The van der Waals surface area contributed by atoms with Crippen molar-refractivity contribution in [3.8, 4) is 0 Å². The van der Waals surface area contributed by atoms with E-state index in [9.17, 15) is 18.0 Å². The fourth-order valence-corrected chi connectivity index (χ4v) is 2.24. The second-order valence-corrected chi connectivity index (χ2v) is 5.57. The Hall–Kier alpha value is -1.73. The summed E-state index contributed by atoms with van der Waals surface area (Å²) >= 11 is 8.55. The molecule has 0 radical (unpaired) electrons. The van der Waals surface area contributed by atoms with Crippen molar-refractivity contribution in [3.05, 3.63) is 57.5 Å². The van der Waals surface area contributed by atoms with Crippen LogP contribution in [0.25, 0.3) is 0 Å². The summed E-state index contributed by atoms with van der Waals surface area (Å²) < 4.78 is 38.2. The lowest BCUT2D eigenvalue weighted by molar-refractivity contribution is -0.138. The molecule has 0 bridgehead atoms. The van der Waals surface area contributed by atoms with Gasteiger partial charge in [0.05, 0.1) is 5.56 Å². The monoisotopic (exact) mass is 392 g/mol. The number of carbonyl (C=O) groups excluding carboxylic acids is 1. The summed E-state index contributed by atoms with van der Waals surface area (Å²) in [5.74, 6) is 0. The quantitative estimate of drug-likeness (QED) is 0.668. The number of hydrogen-bond acceptors (Lipinski definition) is 1. The maximum absolute atomic E-state index is 12.8. The molecule has 22 heavy (non-hydrogen) atoms. The average molecular weight is 394 g/mol. The van der Waals surface area contributed by atoms with E-state index < -0.39 is 17.8 Å². The lowest BCUT2D eigenvalue weighted by Gasteiger charge is -2.12. The van der Waals surface area contributed by atoms with Crippen molar-refractivity contribution in [2.75, 3.05) is 10.6 Å². The van der Waals surface area contributed by atoms with Crippen LogP contribution in [0.2, 0.25) is 5.02 Å². The van der Waals surface area contributed by atoms with Gasteiger partial charge in [0.25, 0.3) is 0 Å². The zero-order valence-electron chi connectivity index (χ0n) is 10.8. The summed E-state index contributed by atoms with van der Waals surface area (Å²) in [4.78, 5) is 11.8. The van der Waals surface area contributed by atoms with E-state index in [1.54, 1.807) is 24.3 Å². The molecule has 0 spiro atoms. The van der Waals surface area contributed by atoms with Gasteiger partial charge in [-0.2, -0.15) is 13.2 Å². The predicted molar refractivity (Wildman–Crippen MR) is 83.2 cm³/mol. The van der Waals surface area contributed by atoms with Gasteiger partial charge in [0.2, 0.25) is 0 Å². The van der Waals surface area contributed by atoms with Crippen LogP contribution in [0.3, 0.4) is 0 Å². The SMILES string of the molecule is O=C(Nc1ccc(Cl)cc1)Nc1ccc(Br)c(C(F)(F)F)c1. The smallest absolute Gasteiger partial charge is 0.308 e. The van der Waals surface area contributed by atoms with E-state index in [0.717, 1.165) is 6.07 Å². The molecule has 2 rings (SSSR count). The first-order valence-corrected chi connectivity index (χ1v) is 7.13. The minimum absolute atomic E-state index is 0.0296. The molecule has 3 nitrogen and oxygen atoms in total. The molecule has 2 amide bonds. The highest BCUT2D eigenvalue weighted by Gasteiger charge is 2.33. The first kappa shape index (κ1) is 16.6. The third-order valence-corrected chi connectivity index (χ3v) is 3.58. The molecule has 0 unspecified atom stereocenters. The number of alkyl halides is 3. The van der Waals surface area contributed by atoms with E-state index >= 15 is 0 Å². The van der Waals surface area contributed by atoms with Crippen molar-refractivity contribution in [1.29, 1.82) is 0 Å². The number of halogens is 5. The zero-order valence-corrected chi connectivity index (χ0v) is 13.2. The Morgan fingerprint density at radius 1 is 1.00 bits per heavy atom. The molecule has 2 N–H and O–H groups in total. The maximum atomic E-state index is 12.8. The fraction of sp³-hybridized carbons (Fsp3) is 0.0714. The number of hydrogen-bond donors (Lipinski definition) is 2. The molecular weight excluding hydrogens is 385 g/mol. The first-order chi connectivity index (χ1) is 10.3. The van der Waals surface area contributed by atoms with E-state index in [2.05, 4.69) is 26.6 Å². The number of nitrogens with one attached hydrogen (secondary N) is 2. The standard InChI is InChI=1S/C14H9BrClF3N2O/c15-12-6-5-10(7-11(12)14(17,18)19)21-13(22)20-9-3-1-8(16)2-4-9/h1-7H,(H2,20,21,22). The van der Waals surface area contributed by atoms with Crippen molar-refractivity contribution in [3.63, 3.8) is 0 Å². The predicted octanol–water partition coefficient (Wildman–Crippen LogP) is 5.77. The number of urea groups is 1. The van der Waals surface area contributed by atoms with Crippen molar-refractivity contribution in [1.82, 2.24) is 0 Å². The second kappa shape index (κ2) is 6.58. The van der Waals surface area contributed by atoms with Gasteiger partial charge >= 0.3 is 12.2 Å². The zero-order chi connectivity index (χ0) is 16.3. The van der Waals surface area contributed by atoms with E-state index in [1.165, 1.54) is 12.1 Å². The van der Waals surface area contributed by atoms with E-state index in [-0.39, 0.29) is 10.2 Å². The number of anilines is 2. The average Bonchev–Trinajstić information content (AvgIpc) is 2.42. The van der Waals surface area contributed by atoms with Crippen LogP contribution in [-0.4, -0.2) is 6.03 Å². The van der Waals surface area contributed by atoms with Gasteiger partial charge in [-0.3, -0.25) is 0 Å². The number of rotatable bonds is 2. The summed E-state index contributed by atoms with van der Waals surface area (Å²) in [6.07, 6.45) is -4.51. The van der Waals surface area contributed by atoms with Crippen LogP contribution in [0.4, 0.5) is 29.3 Å². The van der Waals surface area contributed by atoms with Gasteiger partial charge in [-0.05, 0) is 42.5 Å². The van der Waals surface area contributed by atoms with Crippen molar-refractivity contribution >= 4 is 44.9 Å². The molecule has 0 aliphatic rings. The highest BCUT2D eigenvalue weighted by Crippen LogP contribution is 2.36. The van der Waals surface area contributed by atoms with Crippen LogP contribution in [0.5, 0.6) is 0 Å². The normalized spacial score (nSPS) is 11.1. The van der Waals surface area contributed by atoms with E-state index in [1.807, 2.05) is 0 Å². The van der Waals surface area contributed by atoms with Gasteiger partial charge in [-0.25, -0.2) is 4.79 Å². The molecule has 0 heterocycles. The molecule has 0 saturated carbocycles. The lowest BCUT2D eigenvalue weighted by Crippen LogP contribution is -2.19. The summed E-state index contributed by atoms with van der Waals surface area (Å²) in [6.45, 7) is 0. The highest BCUT2D eigenvalue weighted by atomic mass is 79.9. The molecule has 116 valence electrons. The topological polar surface area (TPSA) is 41.1 Å². The number of benzene rings is 2. The second-order valence-electron chi connectivity index (χ2n) is 4.28. The van der Waals surface area contributed by atoms with E-state index in [0.29, 0.717) is 10.7 Å². The maximum Gasteiger partial charge on any atom is 0.417 e. The van der Waals surface area contributed by atoms with Crippen molar-refractivity contribution in [2.45, 2.75) is 6.18 Å². The summed E-state index contributed by atoms with van der Waals surface area (Å²) in [6, 6.07) is 9.09. The van der Waals surface area contributed by atoms with Crippen molar-refractivity contribution < 1.29 is 18.0 Å². The molecule has 8 heteroatoms. The Morgan fingerprint density at radius 2 is 1.55 bits per heavy atom. The van der Waals surface area contributed by atoms with E-state index in [4.69, 9.17) is 11.6 Å². The van der Waals surface area contributed by atoms with Gasteiger partial charge < -0.3 is 10.6 Å². The Kier molecular flexibility index (Phi) is 4.97. The minimum atomic E-state index is -4.51. The Bertz CT molecular complexity index is 689. The summed E-state index contributed by atoms with van der Waals surface area (Å²) in [5, 5.41) is 5.34. The van der Waals surface area contributed by atoms with Gasteiger partial charge in [0, 0.05) is 20.9 Å². The minimum Gasteiger partial charge on any atom is -0.308 e. The van der Waals surface area contributed by atoms with Crippen molar-refractivity contribution in [2.24, 2.45) is 0 Å². The molecule has 0 fully saturated rings. The number of amides is 2. The lowest BCUT2D eigenvalue weighted by atomic mass is 10.2. The third kappa shape index (κ3) is 4.38. The van der Waals surface area contributed by atoms with Crippen LogP contribution in [-0.2, 0) is 6.18 Å². The van der Waals surface area contributed by atoms with Crippen LogP contribution >= 0.6 is 27.5 Å². The van der Waals surface area contributed by atoms with Gasteiger partial charge in [-0.15, -0.1) is 0 Å². The molecule has 0 aliphatic carbocycles. The Labute approximate surface area is 137 Å². The van der Waals surface area contributed by atoms with Gasteiger partial charge in [-0.1, -0.05) is 27.5 Å². The molecule has 0 aliphatic heterocycles. The van der Waals surface area contributed by atoms with Gasteiger partial charge in [0.1, 0.15) is 0 Å². The van der Waals surface area contributed by atoms with Gasteiger partial charge in [0.15, 0.2) is 0 Å². The van der Waals surface area contributed by atoms with Crippen LogP contribution < -0.4 is 10.6 Å². The molecular formula is C14H9BrClF3N2O. The molecule has 0 saturated heterocycles. The Morgan fingerprint density at radius 3 is 2.14 bits per heavy atom. The molecule has 0 atom stereocenters. The first-order valence-electron chi connectivity index (χ1n) is 5.96. The van der Waals surface area contributed by atoms with Crippen LogP contribution in [0.1, 0.15) is 5.56 Å². The Balaban J connectivity index is 2.10. The summed E-state index contributed by atoms with van der Waals surface area (Å²) in [5.41, 5.74) is -0.367. The molecule has 2 aromatic rings. The number of carbonyl (C=O) groups is 1. The third-order valence-electron chi connectivity index (χ3n) is 2.63. The molecule has 0 aromatic heterocycles. The van der Waals surface area contributed by atoms with Crippen LogP contribution in [0.15, 0.2) is 46.9 Å². The summed E-state index contributed by atoms with van der Waals surface area (Å²) in [7, 11) is 0. The van der Waals surface area contributed by atoms with Crippen LogP contribution in [0, 0.1) is 0 Å². The highest BCUT2D eigenvalue weighted by molar-refractivity contribution is 9.10. The fourth-order valence-electron chi connectivity index (χ4n) is 1.65. The molecule has 2 aromatic carbocycles.